The van der Waals surface area contributed by atoms with Crippen molar-refractivity contribution in [1.29, 1.82) is 0 Å². The zero-order valence-corrected chi connectivity index (χ0v) is 7.10. The second kappa shape index (κ2) is 2.68. The first-order valence-corrected chi connectivity index (χ1v) is 4.01. The number of benzene rings is 2. The molecule has 0 amide bonds. The van der Waals surface area contributed by atoms with E-state index in [-0.39, 0.29) is 0 Å². The molecular weight excluding hydrogens is 170 g/mol. The highest BCUT2D eigenvalue weighted by atomic mass is 35.5. The first-order chi connectivity index (χ1) is 5.77. The fourth-order valence-corrected chi connectivity index (χ4v) is 1.49. The topological polar surface area (TPSA) is 26.0 Å². The Morgan fingerprint density at radius 2 is 2.00 bits per heavy atom. The van der Waals surface area contributed by atoms with Gasteiger partial charge in [0.2, 0.25) is 0 Å². The van der Waals surface area contributed by atoms with E-state index >= 15 is 0 Å². The Morgan fingerprint density at radius 1 is 1.25 bits per heavy atom. The van der Waals surface area contributed by atoms with Gasteiger partial charge in [0.25, 0.3) is 0 Å². The third-order valence-corrected chi connectivity index (χ3v) is 2.06. The van der Waals surface area contributed by atoms with Gasteiger partial charge in [-0.3, -0.25) is 0 Å². The third kappa shape index (κ3) is 1.12. The van der Waals surface area contributed by atoms with Gasteiger partial charge in [0.05, 0.1) is 5.02 Å². The molecule has 0 atom stereocenters. The summed E-state index contributed by atoms with van der Waals surface area (Å²) in [6, 6.07) is 12.5. The van der Waals surface area contributed by atoms with Crippen LogP contribution in [0.15, 0.2) is 30.3 Å². The van der Waals surface area contributed by atoms with Crippen LogP contribution < -0.4 is 5.73 Å². The smallest absolute Gasteiger partial charge is 0.0505 e. The average molecular weight is 177 g/mol. The second-order valence-electron chi connectivity index (χ2n) is 2.62. The summed E-state index contributed by atoms with van der Waals surface area (Å²) >= 11 is 5.96. The van der Waals surface area contributed by atoms with Crippen LogP contribution in [-0.2, 0) is 0 Å². The summed E-state index contributed by atoms with van der Waals surface area (Å²) in [5.41, 5.74) is 6.17. The molecule has 12 heavy (non-hydrogen) atoms. The van der Waals surface area contributed by atoms with Crippen LogP contribution in [-0.4, -0.2) is 0 Å². The molecule has 0 unspecified atom stereocenters. The predicted molar refractivity (Wildman–Crippen MR) is 52.2 cm³/mol. The van der Waals surface area contributed by atoms with Gasteiger partial charge in [-0.15, -0.1) is 0 Å². The average Bonchev–Trinajstić information content (AvgIpc) is 2.04. The summed E-state index contributed by atoms with van der Waals surface area (Å²) < 4.78 is 0. The van der Waals surface area contributed by atoms with Crippen LogP contribution in [0, 0.1) is 6.07 Å². The number of anilines is 1. The van der Waals surface area contributed by atoms with Gasteiger partial charge < -0.3 is 5.73 Å². The van der Waals surface area contributed by atoms with Crippen molar-refractivity contribution in [1.82, 2.24) is 0 Å². The van der Waals surface area contributed by atoms with Crippen LogP contribution in [0.1, 0.15) is 0 Å². The maximum Gasteiger partial charge on any atom is 0.0505 e. The molecule has 2 rings (SSSR count). The Balaban J connectivity index is 2.89. The van der Waals surface area contributed by atoms with E-state index in [0.29, 0.717) is 10.7 Å². The lowest BCUT2D eigenvalue weighted by atomic mass is 10.1. The summed E-state index contributed by atoms with van der Waals surface area (Å²) in [5, 5.41) is 2.64. The van der Waals surface area contributed by atoms with Crippen LogP contribution in [0.4, 0.5) is 5.69 Å². The normalized spacial score (nSPS) is 10.4. The van der Waals surface area contributed by atoms with Gasteiger partial charge >= 0.3 is 0 Å². The lowest BCUT2D eigenvalue weighted by molar-refractivity contribution is 1.71. The number of halogens is 1. The highest BCUT2D eigenvalue weighted by Crippen LogP contribution is 2.25. The van der Waals surface area contributed by atoms with E-state index in [9.17, 15) is 0 Å². The molecule has 1 nitrogen and oxygen atoms in total. The Bertz CT molecular complexity index is 423. The molecule has 0 aliphatic heterocycles. The Kier molecular flexibility index (Phi) is 1.66. The van der Waals surface area contributed by atoms with Crippen molar-refractivity contribution >= 4 is 28.1 Å². The van der Waals surface area contributed by atoms with Crippen molar-refractivity contribution in [2.24, 2.45) is 0 Å². The molecule has 0 heterocycles. The van der Waals surface area contributed by atoms with E-state index in [1.165, 1.54) is 0 Å². The Labute approximate surface area is 75.8 Å². The minimum Gasteiger partial charge on any atom is -0.398 e. The SMILES string of the molecule is Nc1[c]c2ccccc2c(Cl)c1. The van der Waals surface area contributed by atoms with Gasteiger partial charge in [-0.25, -0.2) is 0 Å². The lowest BCUT2D eigenvalue weighted by Gasteiger charge is -2.00. The van der Waals surface area contributed by atoms with E-state index in [2.05, 4.69) is 6.07 Å². The van der Waals surface area contributed by atoms with Crippen molar-refractivity contribution in [2.45, 2.75) is 0 Å². The maximum absolute atomic E-state index is 5.96. The highest BCUT2D eigenvalue weighted by molar-refractivity contribution is 6.35. The summed E-state index contributed by atoms with van der Waals surface area (Å²) in [4.78, 5) is 0. The van der Waals surface area contributed by atoms with Gasteiger partial charge in [-0.2, -0.15) is 0 Å². The fourth-order valence-electron chi connectivity index (χ4n) is 1.21. The molecular formula is C10H7ClN. The molecule has 0 spiro atoms. The monoisotopic (exact) mass is 176 g/mol. The largest absolute Gasteiger partial charge is 0.398 e. The Morgan fingerprint density at radius 3 is 2.83 bits per heavy atom. The first kappa shape index (κ1) is 7.44. The lowest BCUT2D eigenvalue weighted by Crippen LogP contribution is -1.85. The number of hydrogen-bond acceptors (Lipinski definition) is 1. The number of nitrogens with two attached hydrogens (primary N) is 1. The minimum absolute atomic E-state index is 0.582. The van der Waals surface area contributed by atoms with Crippen LogP contribution in [0.25, 0.3) is 10.8 Å². The third-order valence-electron chi connectivity index (χ3n) is 1.75. The summed E-state index contributed by atoms with van der Waals surface area (Å²) in [6.07, 6.45) is 0. The van der Waals surface area contributed by atoms with Gasteiger partial charge in [0, 0.05) is 17.1 Å². The van der Waals surface area contributed by atoms with Crippen LogP contribution in [0.2, 0.25) is 5.02 Å². The van der Waals surface area contributed by atoms with E-state index < -0.39 is 0 Å². The number of fused-ring (bicyclic) bond motifs is 1. The quantitative estimate of drug-likeness (QED) is 0.614. The van der Waals surface area contributed by atoms with Crippen molar-refractivity contribution in [3.05, 3.63) is 41.4 Å². The minimum atomic E-state index is 0.582. The van der Waals surface area contributed by atoms with Crippen molar-refractivity contribution in [3.63, 3.8) is 0 Å². The van der Waals surface area contributed by atoms with E-state index in [0.717, 1.165) is 10.8 Å². The van der Waals surface area contributed by atoms with Gasteiger partial charge in [-0.1, -0.05) is 35.9 Å². The van der Waals surface area contributed by atoms with Crippen molar-refractivity contribution in [2.75, 3.05) is 5.73 Å². The molecule has 2 heteroatoms. The number of nitrogen functional groups attached to an aromatic ring is 1. The number of hydrogen-bond donors (Lipinski definition) is 1. The van der Waals surface area contributed by atoms with E-state index in [1.807, 2.05) is 24.3 Å². The molecule has 0 fully saturated rings. The zero-order valence-electron chi connectivity index (χ0n) is 6.34. The molecule has 0 bridgehead atoms. The predicted octanol–water partition coefficient (Wildman–Crippen LogP) is 2.88. The van der Waals surface area contributed by atoms with Crippen molar-refractivity contribution in [3.8, 4) is 0 Å². The number of rotatable bonds is 0. The highest BCUT2D eigenvalue weighted by Gasteiger charge is 1.98. The van der Waals surface area contributed by atoms with Gasteiger partial charge in [0.15, 0.2) is 0 Å². The Hall–Kier alpha value is -1.21. The van der Waals surface area contributed by atoms with Crippen LogP contribution >= 0.6 is 11.6 Å². The molecule has 59 valence electrons. The molecule has 2 aromatic carbocycles. The molecule has 0 saturated carbocycles. The first-order valence-electron chi connectivity index (χ1n) is 3.63. The van der Waals surface area contributed by atoms with Crippen LogP contribution in [0.5, 0.6) is 0 Å². The second-order valence-corrected chi connectivity index (χ2v) is 3.03. The van der Waals surface area contributed by atoms with Crippen molar-refractivity contribution < 1.29 is 0 Å². The molecule has 0 aliphatic rings. The summed E-state index contributed by atoms with van der Waals surface area (Å²) in [6.45, 7) is 0. The molecule has 0 aromatic heterocycles. The van der Waals surface area contributed by atoms with Gasteiger partial charge in [0.1, 0.15) is 0 Å². The zero-order chi connectivity index (χ0) is 8.55. The van der Waals surface area contributed by atoms with E-state index in [1.54, 1.807) is 6.07 Å². The standard InChI is InChI=1S/C10H7ClN/c11-10-6-8(12)5-7-3-1-2-4-9(7)10/h1-4,6H,12H2. The molecule has 0 saturated heterocycles. The molecule has 0 aliphatic carbocycles. The summed E-state index contributed by atoms with van der Waals surface area (Å²) in [7, 11) is 0. The molecule has 2 aromatic rings. The van der Waals surface area contributed by atoms with Crippen LogP contribution in [0.3, 0.4) is 0 Å². The molecule has 1 radical (unpaired) electrons. The fraction of sp³-hybridized carbons (Fsp3) is 0. The summed E-state index contributed by atoms with van der Waals surface area (Å²) in [5.74, 6) is 0. The van der Waals surface area contributed by atoms with E-state index in [4.69, 9.17) is 17.3 Å². The maximum atomic E-state index is 5.96. The van der Waals surface area contributed by atoms with Gasteiger partial charge in [-0.05, 0) is 11.5 Å². The molecule has 2 N–H and O–H groups in total.